The number of thiazole rings is 1. The third-order valence-electron chi connectivity index (χ3n) is 2.81. The van der Waals surface area contributed by atoms with Crippen molar-refractivity contribution in [3.63, 3.8) is 0 Å². The maximum Gasteiger partial charge on any atom is 0.261 e. The van der Waals surface area contributed by atoms with Gasteiger partial charge in [-0.25, -0.2) is 4.98 Å². The number of hydrogen-bond donors (Lipinski definition) is 2. The van der Waals surface area contributed by atoms with Crippen molar-refractivity contribution < 1.29 is 19.4 Å². The van der Waals surface area contributed by atoms with Crippen molar-refractivity contribution in [2.75, 3.05) is 32.2 Å². The highest BCUT2D eigenvalue weighted by Gasteiger charge is 2.14. The van der Waals surface area contributed by atoms with E-state index < -0.39 is 0 Å². The van der Waals surface area contributed by atoms with Crippen molar-refractivity contribution >= 4 is 22.4 Å². The van der Waals surface area contributed by atoms with Crippen molar-refractivity contribution in [2.45, 2.75) is 6.42 Å². The molecule has 0 radical (unpaired) electrons. The lowest BCUT2D eigenvalue weighted by molar-refractivity contribution is 0.101. The molecule has 0 aliphatic heterocycles. The van der Waals surface area contributed by atoms with E-state index >= 15 is 0 Å². The number of amides is 1. The summed E-state index contributed by atoms with van der Waals surface area (Å²) in [7, 11) is 1.59. The Kier molecular flexibility index (Phi) is 6.32. The zero-order valence-electron chi connectivity index (χ0n) is 12.2. The number of anilines is 1. The predicted octanol–water partition coefficient (Wildman–Crippen LogP) is 1.96. The SMILES string of the molecule is COCCOc1ccccc1C(=O)Nc1ncc(CCO)s1. The van der Waals surface area contributed by atoms with Crippen molar-refractivity contribution in [3.05, 3.63) is 40.9 Å². The number of aliphatic hydroxyl groups excluding tert-OH is 1. The lowest BCUT2D eigenvalue weighted by atomic mass is 10.2. The Labute approximate surface area is 132 Å². The second kappa shape index (κ2) is 8.47. The summed E-state index contributed by atoms with van der Waals surface area (Å²) >= 11 is 1.34. The maximum absolute atomic E-state index is 12.3. The molecule has 0 atom stereocenters. The molecule has 0 fully saturated rings. The molecule has 0 saturated carbocycles. The first-order valence-electron chi connectivity index (χ1n) is 6.82. The first kappa shape index (κ1) is 16.4. The van der Waals surface area contributed by atoms with E-state index in [4.69, 9.17) is 14.6 Å². The number of hydrogen-bond acceptors (Lipinski definition) is 6. The molecule has 0 unspecified atom stereocenters. The van der Waals surface area contributed by atoms with Crippen LogP contribution in [0.25, 0.3) is 0 Å². The fraction of sp³-hybridized carbons (Fsp3) is 0.333. The molecule has 2 rings (SSSR count). The van der Waals surface area contributed by atoms with Crippen molar-refractivity contribution in [1.29, 1.82) is 0 Å². The van der Waals surface area contributed by atoms with Crippen molar-refractivity contribution in [1.82, 2.24) is 4.98 Å². The molecule has 1 heterocycles. The topological polar surface area (TPSA) is 80.7 Å². The quantitative estimate of drug-likeness (QED) is 0.726. The van der Waals surface area contributed by atoms with Crippen LogP contribution in [0.5, 0.6) is 5.75 Å². The molecule has 1 amide bonds. The van der Waals surface area contributed by atoms with Gasteiger partial charge in [0.2, 0.25) is 0 Å². The van der Waals surface area contributed by atoms with Gasteiger partial charge in [-0.05, 0) is 12.1 Å². The Hall–Kier alpha value is -1.96. The van der Waals surface area contributed by atoms with E-state index in [9.17, 15) is 4.79 Å². The highest BCUT2D eigenvalue weighted by atomic mass is 32.1. The zero-order valence-corrected chi connectivity index (χ0v) is 13.1. The van der Waals surface area contributed by atoms with Crippen LogP contribution in [0.15, 0.2) is 30.5 Å². The molecule has 6 nitrogen and oxygen atoms in total. The second-order valence-corrected chi connectivity index (χ2v) is 5.51. The number of aliphatic hydroxyl groups is 1. The number of aromatic nitrogens is 1. The van der Waals surface area contributed by atoms with Crippen molar-refractivity contribution in [3.8, 4) is 5.75 Å². The minimum absolute atomic E-state index is 0.0613. The minimum Gasteiger partial charge on any atom is -0.490 e. The summed E-state index contributed by atoms with van der Waals surface area (Å²) in [5.41, 5.74) is 0.442. The van der Waals surface area contributed by atoms with E-state index in [1.54, 1.807) is 31.5 Å². The van der Waals surface area contributed by atoms with Crippen LogP contribution < -0.4 is 10.1 Å². The summed E-state index contributed by atoms with van der Waals surface area (Å²) in [6.07, 6.45) is 2.18. The van der Waals surface area contributed by atoms with Crippen LogP contribution in [0.2, 0.25) is 0 Å². The zero-order chi connectivity index (χ0) is 15.8. The molecule has 0 aliphatic carbocycles. The minimum atomic E-state index is -0.280. The average Bonchev–Trinajstić information content (AvgIpc) is 2.95. The summed E-state index contributed by atoms with van der Waals surface area (Å²) in [4.78, 5) is 17.4. The summed E-state index contributed by atoms with van der Waals surface area (Å²) in [6.45, 7) is 0.886. The molecule has 0 bridgehead atoms. The first-order chi connectivity index (χ1) is 10.7. The largest absolute Gasteiger partial charge is 0.490 e. The number of ether oxygens (including phenoxy) is 2. The van der Waals surface area contributed by atoms with E-state index in [1.807, 2.05) is 6.07 Å². The third-order valence-corrected chi connectivity index (χ3v) is 3.78. The van der Waals surface area contributed by atoms with Gasteiger partial charge in [-0.1, -0.05) is 12.1 Å². The van der Waals surface area contributed by atoms with Gasteiger partial charge in [0.15, 0.2) is 5.13 Å². The number of rotatable bonds is 8. The average molecular weight is 322 g/mol. The molecule has 1 aromatic carbocycles. The predicted molar refractivity (Wildman–Crippen MR) is 84.7 cm³/mol. The van der Waals surface area contributed by atoms with Gasteiger partial charge in [-0.15, -0.1) is 11.3 Å². The molecular formula is C15H18N2O4S. The van der Waals surface area contributed by atoms with Crippen LogP contribution in [0, 0.1) is 0 Å². The number of para-hydroxylation sites is 1. The van der Waals surface area contributed by atoms with Crippen molar-refractivity contribution in [2.24, 2.45) is 0 Å². The molecule has 118 valence electrons. The lowest BCUT2D eigenvalue weighted by Crippen LogP contribution is -2.14. The molecule has 0 aliphatic rings. The van der Waals surface area contributed by atoms with Crippen LogP contribution in [0.3, 0.4) is 0 Å². The third kappa shape index (κ3) is 4.52. The van der Waals surface area contributed by atoms with E-state index in [2.05, 4.69) is 10.3 Å². The molecule has 2 aromatic rings. The van der Waals surface area contributed by atoms with Crippen LogP contribution in [-0.2, 0) is 11.2 Å². The maximum atomic E-state index is 12.3. The fourth-order valence-corrected chi connectivity index (χ4v) is 2.57. The van der Waals surface area contributed by atoms with Crippen LogP contribution in [0.4, 0.5) is 5.13 Å². The van der Waals surface area contributed by atoms with Gasteiger partial charge in [-0.2, -0.15) is 0 Å². The van der Waals surface area contributed by atoms with Gasteiger partial charge < -0.3 is 14.6 Å². The van der Waals surface area contributed by atoms with E-state index in [1.165, 1.54) is 11.3 Å². The van der Waals surface area contributed by atoms with Crippen LogP contribution in [0.1, 0.15) is 15.2 Å². The monoisotopic (exact) mass is 322 g/mol. The second-order valence-electron chi connectivity index (χ2n) is 4.40. The van der Waals surface area contributed by atoms with E-state index in [0.29, 0.717) is 36.1 Å². The first-order valence-corrected chi connectivity index (χ1v) is 7.64. The Balaban J connectivity index is 2.04. The number of benzene rings is 1. The van der Waals surface area contributed by atoms with Crippen LogP contribution >= 0.6 is 11.3 Å². The van der Waals surface area contributed by atoms with Gasteiger partial charge in [0.1, 0.15) is 12.4 Å². The van der Waals surface area contributed by atoms with Gasteiger partial charge in [-0.3, -0.25) is 10.1 Å². The Morgan fingerprint density at radius 3 is 2.95 bits per heavy atom. The summed E-state index contributed by atoms with van der Waals surface area (Å²) in [5.74, 6) is 0.224. The number of methoxy groups -OCH3 is 1. The van der Waals surface area contributed by atoms with Crippen LogP contribution in [-0.4, -0.2) is 42.9 Å². The number of nitrogens with zero attached hydrogens (tertiary/aromatic N) is 1. The standard InChI is InChI=1S/C15H18N2O4S/c1-20-8-9-21-13-5-3-2-4-12(13)14(19)17-15-16-10-11(22-15)6-7-18/h2-5,10,18H,6-9H2,1H3,(H,16,17,19). The summed E-state index contributed by atoms with van der Waals surface area (Å²) in [5, 5.41) is 12.1. The smallest absolute Gasteiger partial charge is 0.261 e. The Bertz CT molecular complexity index is 615. The van der Waals surface area contributed by atoms with E-state index in [-0.39, 0.29) is 12.5 Å². The fourth-order valence-electron chi connectivity index (χ4n) is 1.77. The molecule has 0 spiro atoms. The number of carbonyl (C=O) groups excluding carboxylic acids is 1. The molecule has 22 heavy (non-hydrogen) atoms. The van der Waals surface area contributed by atoms with Gasteiger partial charge >= 0.3 is 0 Å². The van der Waals surface area contributed by atoms with Gasteiger partial charge in [0, 0.05) is 31.2 Å². The molecular weight excluding hydrogens is 304 g/mol. The highest BCUT2D eigenvalue weighted by Crippen LogP contribution is 2.22. The molecule has 2 N–H and O–H groups in total. The number of carbonyl (C=O) groups is 1. The lowest BCUT2D eigenvalue weighted by Gasteiger charge is -2.10. The van der Waals surface area contributed by atoms with E-state index in [0.717, 1.165) is 4.88 Å². The molecule has 7 heteroatoms. The summed E-state index contributed by atoms with van der Waals surface area (Å²) in [6, 6.07) is 7.02. The van der Waals surface area contributed by atoms with Gasteiger partial charge in [0.05, 0.1) is 12.2 Å². The molecule has 0 saturated heterocycles. The highest BCUT2D eigenvalue weighted by molar-refractivity contribution is 7.15. The summed E-state index contributed by atoms with van der Waals surface area (Å²) < 4.78 is 10.5. The molecule has 1 aromatic heterocycles. The normalized spacial score (nSPS) is 10.5. The number of nitrogens with one attached hydrogen (secondary N) is 1. The Morgan fingerprint density at radius 2 is 2.18 bits per heavy atom. The Morgan fingerprint density at radius 1 is 1.36 bits per heavy atom. The van der Waals surface area contributed by atoms with Gasteiger partial charge in [0.25, 0.3) is 5.91 Å².